The Balaban J connectivity index is 1.26. The number of fused-ring (bicyclic) bond motifs is 2. The summed E-state index contributed by atoms with van der Waals surface area (Å²) >= 11 is 3.51. The second kappa shape index (κ2) is 10.3. The van der Waals surface area contributed by atoms with Crippen LogP contribution in [0.2, 0.25) is 0 Å². The van der Waals surface area contributed by atoms with E-state index in [-0.39, 0.29) is 24.5 Å². The van der Waals surface area contributed by atoms with Crippen molar-refractivity contribution >= 4 is 45.0 Å². The number of halogens is 1. The van der Waals surface area contributed by atoms with Crippen molar-refractivity contribution in [3.05, 3.63) is 99.1 Å². The molecule has 5 N–H and O–H groups in total. The van der Waals surface area contributed by atoms with Crippen molar-refractivity contribution in [3.63, 3.8) is 0 Å². The number of carbonyl (C=O) groups is 1. The maximum absolute atomic E-state index is 12.8. The van der Waals surface area contributed by atoms with Crippen LogP contribution in [0.4, 0.5) is 5.82 Å². The van der Waals surface area contributed by atoms with Gasteiger partial charge in [-0.05, 0) is 52.7 Å². The second-order valence-corrected chi connectivity index (χ2v) is 9.30. The third-order valence-corrected chi connectivity index (χ3v) is 6.66. The van der Waals surface area contributed by atoms with E-state index in [0.717, 1.165) is 21.4 Å². The highest BCUT2D eigenvalue weighted by molar-refractivity contribution is 9.10. The molecule has 0 aliphatic rings. The van der Waals surface area contributed by atoms with Crippen molar-refractivity contribution in [2.45, 2.75) is 20.0 Å². The van der Waals surface area contributed by atoms with Gasteiger partial charge in [0.25, 0.3) is 5.91 Å². The van der Waals surface area contributed by atoms with Crippen molar-refractivity contribution in [1.82, 2.24) is 33.6 Å². The summed E-state index contributed by atoms with van der Waals surface area (Å²) in [6, 6.07) is 7.05. The standard InChI is InChI=1S/C25H23BrN10O2/c1-15-6-23-32-17(12-35(23)13-19(15)26)10-29-9-16(8-27)24(37)30-11-20-21-7-18(2-4-34(21)14-31-20)36-5-3-22(28)33-25(36)38/h2-9,12-14H,10-11,27H2,1H3,(H,30,37)(H2,28,33,38). The maximum atomic E-state index is 12.8. The minimum Gasteiger partial charge on any atom is -0.404 e. The summed E-state index contributed by atoms with van der Waals surface area (Å²) < 4.78 is 6.06. The smallest absolute Gasteiger partial charge is 0.354 e. The van der Waals surface area contributed by atoms with Gasteiger partial charge in [-0.2, -0.15) is 4.98 Å². The number of anilines is 1. The van der Waals surface area contributed by atoms with Crippen molar-refractivity contribution in [1.29, 1.82) is 0 Å². The zero-order valence-corrected chi connectivity index (χ0v) is 21.8. The van der Waals surface area contributed by atoms with Crippen LogP contribution in [0, 0.1) is 6.92 Å². The van der Waals surface area contributed by atoms with Gasteiger partial charge < -0.3 is 25.6 Å². The molecule has 0 saturated heterocycles. The fourth-order valence-electron chi connectivity index (χ4n) is 3.84. The SMILES string of the molecule is Cc1cc2nc(CN=CC(=CN)C(=O)NCc3ncn4ccc(-n5ccc(N)nc5=O)cc34)cn2cc1Br. The fraction of sp³-hybridized carbons (Fsp3) is 0.120. The molecule has 5 rings (SSSR count). The van der Waals surface area contributed by atoms with E-state index < -0.39 is 11.6 Å². The highest BCUT2D eigenvalue weighted by atomic mass is 79.9. The number of nitrogens with zero attached hydrogens (tertiary/aromatic N) is 7. The lowest BCUT2D eigenvalue weighted by atomic mass is 10.2. The Morgan fingerprint density at radius 3 is 2.82 bits per heavy atom. The number of pyridine rings is 2. The zero-order chi connectivity index (χ0) is 26.8. The fourth-order valence-corrected chi connectivity index (χ4v) is 4.18. The molecule has 0 unspecified atom stereocenters. The van der Waals surface area contributed by atoms with E-state index in [1.807, 2.05) is 29.8 Å². The number of aliphatic imine (C=N–C) groups is 1. The zero-order valence-electron chi connectivity index (χ0n) is 20.2. The van der Waals surface area contributed by atoms with Crippen LogP contribution in [-0.2, 0) is 17.9 Å². The van der Waals surface area contributed by atoms with Crippen LogP contribution in [0.15, 0.2) is 81.4 Å². The number of aryl methyl sites for hydroxylation is 1. The molecule has 0 saturated carbocycles. The first kappa shape index (κ1) is 24.9. The normalized spacial score (nSPS) is 12.1. The monoisotopic (exact) mass is 574 g/mol. The van der Waals surface area contributed by atoms with Gasteiger partial charge in [0.15, 0.2) is 0 Å². The molecule has 12 nitrogen and oxygen atoms in total. The highest BCUT2D eigenvalue weighted by Crippen LogP contribution is 2.18. The Labute approximate surface area is 224 Å². The molecule has 5 heterocycles. The van der Waals surface area contributed by atoms with Crippen molar-refractivity contribution in [2.75, 3.05) is 5.73 Å². The molecule has 0 fully saturated rings. The molecule has 0 aliphatic carbocycles. The predicted molar refractivity (Wildman–Crippen MR) is 147 cm³/mol. The van der Waals surface area contributed by atoms with E-state index in [4.69, 9.17) is 11.5 Å². The Kier molecular flexibility index (Phi) is 6.75. The first-order chi connectivity index (χ1) is 18.3. The molecule has 5 aromatic heterocycles. The Morgan fingerprint density at radius 1 is 1.18 bits per heavy atom. The number of hydrogen-bond donors (Lipinski definition) is 3. The number of aromatic nitrogens is 6. The lowest BCUT2D eigenvalue weighted by molar-refractivity contribution is -0.117. The number of imidazole rings is 2. The van der Waals surface area contributed by atoms with Crippen molar-refractivity contribution in [2.24, 2.45) is 10.7 Å². The Bertz CT molecular complexity index is 1760. The average Bonchev–Trinajstić information content (AvgIpc) is 3.48. The van der Waals surface area contributed by atoms with Crippen LogP contribution in [0.1, 0.15) is 17.0 Å². The molecule has 5 aromatic rings. The van der Waals surface area contributed by atoms with E-state index in [1.54, 1.807) is 41.3 Å². The summed E-state index contributed by atoms with van der Waals surface area (Å²) in [5, 5.41) is 2.81. The Hall–Kier alpha value is -4.78. The summed E-state index contributed by atoms with van der Waals surface area (Å²) in [6.07, 6.45) is 11.4. The molecule has 0 bridgehead atoms. The topological polar surface area (TPSA) is 163 Å². The molecule has 0 spiro atoms. The van der Waals surface area contributed by atoms with Crippen LogP contribution in [-0.4, -0.2) is 40.4 Å². The number of nitrogens with two attached hydrogens (primary N) is 2. The lowest BCUT2D eigenvalue weighted by Crippen LogP contribution is -2.26. The molecular weight excluding hydrogens is 552 g/mol. The van der Waals surface area contributed by atoms with Crippen molar-refractivity contribution in [3.8, 4) is 5.69 Å². The van der Waals surface area contributed by atoms with E-state index in [1.165, 1.54) is 17.0 Å². The highest BCUT2D eigenvalue weighted by Gasteiger charge is 2.12. The van der Waals surface area contributed by atoms with Crippen molar-refractivity contribution < 1.29 is 4.79 Å². The number of rotatable bonds is 7. The van der Waals surface area contributed by atoms with Crippen LogP contribution in [0.25, 0.3) is 16.9 Å². The molecule has 1 amide bonds. The van der Waals surface area contributed by atoms with Gasteiger partial charge >= 0.3 is 5.69 Å². The minimum absolute atomic E-state index is 0.138. The average molecular weight is 575 g/mol. The summed E-state index contributed by atoms with van der Waals surface area (Å²) in [5.41, 5.74) is 15.6. The second-order valence-electron chi connectivity index (χ2n) is 8.45. The maximum Gasteiger partial charge on any atom is 0.354 e. The van der Waals surface area contributed by atoms with E-state index in [2.05, 4.69) is 41.2 Å². The van der Waals surface area contributed by atoms with Crippen LogP contribution in [0.3, 0.4) is 0 Å². The molecule has 192 valence electrons. The quantitative estimate of drug-likeness (QED) is 0.197. The Morgan fingerprint density at radius 2 is 2.03 bits per heavy atom. The van der Waals surface area contributed by atoms with Gasteiger partial charge in [-0.25, -0.2) is 14.8 Å². The van der Waals surface area contributed by atoms with Crippen LogP contribution < -0.4 is 22.5 Å². The van der Waals surface area contributed by atoms with Gasteiger partial charge in [0.05, 0.1) is 47.6 Å². The van der Waals surface area contributed by atoms with Gasteiger partial charge in [0.2, 0.25) is 0 Å². The molecule has 0 atom stereocenters. The van der Waals surface area contributed by atoms with Crippen LogP contribution >= 0.6 is 15.9 Å². The van der Waals surface area contributed by atoms with Crippen LogP contribution in [0.5, 0.6) is 0 Å². The molecule has 0 aliphatic heterocycles. The molecular formula is C25H23BrN10O2. The largest absolute Gasteiger partial charge is 0.404 e. The minimum atomic E-state index is -0.493. The number of carbonyl (C=O) groups excluding carboxylic acids is 1. The summed E-state index contributed by atoms with van der Waals surface area (Å²) in [4.78, 5) is 42.0. The lowest BCUT2D eigenvalue weighted by Gasteiger charge is -2.07. The van der Waals surface area contributed by atoms with E-state index in [0.29, 0.717) is 16.9 Å². The first-order valence-corrected chi connectivity index (χ1v) is 12.3. The number of nitrogens with one attached hydrogen (secondary N) is 1. The van der Waals surface area contributed by atoms with Gasteiger partial charge in [0.1, 0.15) is 11.5 Å². The third-order valence-electron chi connectivity index (χ3n) is 5.83. The molecule has 0 aromatic carbocycles. The molecule has 0 radical (unpaired) electrons. The van der Waals surface area contributed by atoms with E-state index in [9.17, 15) is 9.59 Å². The van der Waals surface area contributed by atoms with Gasteiger partial charge in [0, 0.05) is 41.7 Å². The molecule has 13 heteroatoms. The summed E-state index contributed by atoms with van der Waals surface area (Å²) in [7, 11) is 0. The summed E-state index contributed by atoms with van der Waals surface area (Å²) in [5.74, 6) is -0.254. The summed E-state index contributed by atoms with van der Waals surface area (Å²) in [6.45, 7) is 2.42. The number of hydrogen-bond acceptors (Lipinski definition) is 8. The predicted octanol–water partition coefficient (Wildman–Crippen LogP) is 1.91. The van der Waals surface area contributed by atoms with E-state index >= 15 is 0 Å². The molecule has 38 heavy (non-hydrogen) atoms. The van der Waals surface area contributed by atoms with Gasteiger partial charge in [-0.15, -0.1) is 0 Å². The van der Waals surface area contributed by atoms with Gasteiger partial charge in [-0.3, -0.25) is 14.4 Å². The number of amides is 1. The third kappa shape index (κ3) is 5.04. The van der Waals surface area contributed by atoms with Gasteiger partial charge in [-0.1, -0.05) is 0 Å². The number of nitrogen functional groups attached to an aromatic ring is 1. The first-order valence-electron chi connectivity index (χ1n) is 11.5.